The van der Waals surface area contributed by atoms with E-state index in [1.54, 1.807) is 6.92 Å². The molecule has 1 aromatic carbocycles. The number of benzene rings is 1. The molecule has 0 saturated heterocycles. The van der Waals surface area contributed by atoms with E-state index in [4.69, 9.17) is 0 Å². The van der Waals surface area contributed by atoms with E-state index in [1.165, 1.54) is 34.9 Å². The SMILES string of the molecule is CC(=O)Cc1cc(Br)c2c(c1)CCC2. The predicted octanol–water partition coefficient (Wildman–Crippen LogP) is 3.07. The molecule has 0 saturated carbocycles. The average molecular weight is 253 g/mol. The first kappa shape index (κ1) is 9.91. The number of halogens is 1. The molecular formula is C12H13BrO. The third kappa shape index (κ3) is 1.90. The Labute approximate surface area is 92.6 Å². The lowest BCUT2D eigenvalue weighted by atomic mass is 10.0. The molecule has 1 aromatic rings. The Bertz CT molecular complexity index is 382. The van der Waals surface area contributed by atoms with Gasteiger partial charge in [0.15, 0.2) is 0 Å². The number of ketones is 1. The summed E-state index contributed by atoms with van der Waals surface area (Å²) in [5.41, 5.74) is 4.01. The maximum absolute atomic E-state index is 11.0. The predicted molar refractivity (Wildman–Crippen MR) is 60.6 cm³/mol. The lowest BCUT2D eigenvalue weighted by molar-refractivity contribution is -0.116. The molecule has 74 valence electrons. The highest BCUT2D eigenvalue weighted by Gasteiger charge is 2.15. The summed E-state index contributed by atoms with van der Waals surface area (Å²) in [5, 5.41) is 0. The van der Waals surface area contributed by atoms with E-state index in [0.29, 0.717) is 6.42 Å². The van der Waals surface area contributed by atoms with Gasteiger partial charge in [0.05, 0.1) is 0 Å². The van der Waals surface area contributed by atoms with Crippen molar-refractivity contribution in [2.45, 2.75) is 32.6 Å². The van der Waals surface area contributed by atoms with Gasteiger partial charge in [-0.2, -0.15) is 0 Å². The molecule has 0 fully saturated rings. The zero-order valence-electron chi connectivity index (χ0n) is 8.27. The van der Waals surface area contributed by atoms with E-state index in [-0.39, 0.29) is 5.78 Å². The van der Waals surface area contributed by atoms with Gasteiger partial charge in [-0.1, -0.05) is 22.0 Å². The molecule has 2 heteroatoms. The third-order valence-corrected chi connectivity index (χ3v) is 3.38. The number of carbonyl (C=O) groups is 1. The van der Waals surface area contributed by atoms with Gasteiger partial charge in [0.25, 0.3) is 0 Å². The Morgan fingerprint density at radius 3 is 2.93 bits per heavy atom. The monoisotopic (exact) mass is 252 g/mol. The summed E-state index contributed by atoms with van der Waals surface area (Å²) in [4.78, 5) is 11.0. The second-order valence-corrected chi connectivity index (χ2v) is 4.80. The largest absolute Gasteiger partial charge is 0.300 e. The highest BCUT2D eigenvalue weighted by molar-refractivity contribution is 9.10. The van der Waals surface area contributed by atoms with Crippen LogP contribution in [0.15, 0.2) is 16.6 Å². The van der Waals surface area contributed by atoms with Crippen LogP contribution in [0.4, 0.5) is 0 Å². The third-order valence-electron chi connectivity index (χ3n) is 2.67. The van der Waals surface area contributed by atoms with E-state index in [9.17, 15) is 4.79 Å². The summed E-state index contributed by atoms with van der Waals surface area (Å²) in [6.45, 7) is 1.64. The van der Waals surface area contributed by atoms with E-state index >= 15 is 0 Å². The Hall–Kier alpha value is -0.630. The fourth-order valence-corrected chi connectivity index (χ4v) is 2.85. The summed E-state index contributed by atoms with van der Waals surface area (Å²) in [7, 11) is 0. The average Bonchev–Trinajstić information content (AvgIpc) is 2.50. The maximum Gasteiger partial charge on any atom is 0.134 e. The van der Waals surface area contributed by atoms with Crippen molar-refractivity contribution in [3.63, 3.8) is 0 Å². The number of aryl methyl sites for hydroxylation is 1. The van der Waals surface area contributed by atoms with Crippen LogP contribution in [0.3, 0.4) is 0 Å². The van der Waals surface area contributed by atoms with Crippen molar-refractivity contribution in [3.8, 4) is 0 Å². The molecule has 1 nitrogen and oxygen atoms in total. The molecule has 0 aliphatic heterocycles. The normalized spacial score (nSPS) is 14.1. The Kier molecular flexibility index (Phi) is 2.73. The van der Waals surface area contributed by atoms with E-state index in [1.807, 2.05) is 0 Å². The Morgan fingerprint density at radius 1 is 1.43 bits per heavy atom. The van der Waals surface area contributed by atoms with Gasteiger partial charge in [0, 0.05) is 10.9 Å². The summed E-state index contributed by atoms with van der Waals surface area (Å²) in [6, 6.07) is 4.28. The van der Waals surface area contributed by atoms with Crippen molar-refractivity contribution < 1.29 is 4.79 Å². The van der Waals surface area contributed by atoms with Crippen molar-refractivity contribution >= 4 is 21.7 Å². The first-order valence-electron chi connectivity index (χ1n) is 4.96. The molecule has 0 unspecified atom stereocenters. The lowest BCUT2D eigenvalue weighted by Gasteiger charge is -2.06. The zero-order valence-corrected chi connectivity index (χ0v) is 9.86. The van der Waals surface area contributed by atoms with Gasteiger partial charge in [-0.3, -0.25) is 4.79 Å². The molecule has 14 heavy (non-hydrogen) atoms. The Morgan fingerprint density at radius 2 is 2.21 bits per heavy atom. The van der Waals surface area contributed by atoms with Gasteiger partial charge in [-0.05, 0) is 48.9 Å². The number of Topliss-reactive ketones (excluding diaryl/α,β-unsaturated/α-hetero) is 1. The van der Waals surface area contributed by atoms with Gasteiger partial charge < -0.3 is 0 Å². The van der Waals surface area contributed by atoms with Gasteiger partial charge in [0.2, 0.25) is 0 Å². The minimum Gasteiger partial charge on any atom is -0.300 e. The van der Waals surface area contributed by atoms with Crippen LogP contribution in [-0.4, -0.2) is 5.78 Å². The first-order chi connectivity index (χ1) is 6.66. The van der Waals surface area contributed by atoms with E-state index < -0.39 is 0 Å². The van der Waals surface area contributed by atoms with Gasteiger partial charge >= 0.3 is 0 Å². The smallest absolute Gasteiger partial charge is 0.134 e. The van der Waals surface area contributed by atoms with Crippen molar-refractivity contribution in [3.05, 3.63) is 33.3 Å². The van der Waals surface area contributed by atoms with Crippen molar-refractivity contribution in [1.29, 1.82) is 0 Å². The standard InChI is InChI=1S/C12H13BrO/c1-8(14)5-9-6-10-3-2-4-11(10)12(13)7-9/h6-7H,2-5H2,1H3. The number of carbonyl (C=O) groups excluding carboxylic acids is 1. The highest BCUT2D eigenvalue weighted by atomic mass is 79.9. The molecule has 2 rings (SSSR count). The van der Waals surface area contributed by atoms with Gasteiger partial charge in [-0.25, -0.2) is 0 Å². The van der Waals surface area contributed by atoms with Crippen molar-refractivity contribution in [1.82, 2.24) is 0 Å². The zero-order chi connectivity index (χ0) is 10.1. The van der Waals surface area contributed by atoms with Crippen LogP contribution < -0.4 is 0 Å². The number of rotatable bonds is 2. The summed E-state index contributed by atoms with van der Waals surface area (Å²) in [5.74, 6) is 0.231. The van der Waals surface area contributed by atoms with Crippen molar-refractivity contribution in [2.75, 3.05) is 0 Å². The first-order valence-corrected chi connectivity index (χ1v) is 5.76. The van der Waals surface area contributed by atoms with Gasteiger partial charge in [0.1, 0.15) is 5.78 Å². The molecule has 0 N–H and O–H groups in total. The summed E-state index contributed by atoms with van der Waals surface area (Å²) < 4.78 is 1.18. The van der Waals surface area contributed by atoms with Gasteiger partial charge in [-0.15, -0.1) is 0 Å². The maximum atomic E-state index is 11.0. The molecule has 1 aliphatic rings. The van der Waals surface area contributed by atoms with Crippen LogP contribution in [0.2, 0.25) is 0 Å². The van der Waals surface area contributed by atoms with Crippen LogP contribution in [0.5, 0.6) is 0 Å². The quantitative estimate of drug-likeness (QED) is 0.791. The molecule has 0 atom stereocenters. The molecular weight excluding hydrogens is 240 g/mol. The minimum absolute atomic E-state index is 0.231. The van der Waals surface area contributed by atoms with E-state index in [2.05, 4.69) is 28.1 Å². The van der Waals surface area contributed by atoms with E-state index in [0.717, 1.165) is 5.56 Å². The van der Waals surface area contributed by atoms with Crippen molar-refractivity contribution in [2.24, 2.45) is 0 Å². The molecule has 0 amide bonds. The Balaban J connectivity index is 2.36. The second kappa shape index (κ2) is 3.85. The topological polar surface area (TPSA) is 17.1 Å². The number of hydrogen-bond donors (Lipinski definition) is 0. The highest BCUT2D eigenvalue weighted by Crippen LogP contribution is 2.30. The minimum atomic E-state index is 0.231. The molecule has 0 radical (unpaired) electrons. The number of fused-ring (bicyclic) bond motifs is 1. The van der Waals surface area contributed by atoms with Crippen LogP contribution in [-0.2, 0) is 24.1 Å². The number of hydrogen-bond acceptors (Lipinski definition) is 1. The van der Waals surface area contributed by atoms with Crippen LogP contribution in [0, 0.1) is 0 Å². The fourth-order valence-electron chi connectivity index (χ4n) is 2.10. The summed E-state index contributed by atoms with van der Waals surface area (Å²) >= 11 is 3.58. The molecule has 0 aromatic heterocycles. The molecule has 0 spiro atoms. The summed E-state index contributed by atoms with van der Waals surface area (Å²) in [6.07, 6.45) is 4.15. The molecule has 0 bridgehead atoms. The fraction of sp³-hybridized carbons (Fsp3) is 0.417. The lowest BCUT2D eigenvalue weighted by Crippen LogP contribution is -1.98. The molecule has 1 aliphatic carbocycles. The van der Waals surface area contributed by atoms with Crippen LogP contribution in [0.1, 0.15) is 30.0 Å². The molecule has 0 heterocycles. The second-order valence-electron chi connectivity index (χ2n) is 3.95. The van der Waals surface area contributed by atoms with Crippen LogP contribution >= 0.6 is 15.9 Å². The van der Waals surface area contributed by atoms with Crippen LogP contribution in [0.25, 0.3) is 0 Å².